The normalized spacial score (nSPS) is 10.6. The molecule has 0 radical (unpaired) electrons. The first kappa shape index (κ1) is 13.1. The van der Waals surface area contributed by atoms with E-state index in [0.29, 0.717) is 0 Å². The number of hydrazine groups is 1. The second kappa shape index (κ2) is 5.22. The van der Waals surface area contributed by atoms with Gasteiger partial charge in [-0.2, -0.15) is 0 Å². The van der Waals surface area contributed by atoms with Gasteiger partial charge in [0, 0.05) is 0 Å². The Balaban J connectivity index is 1.91. The van der Waals surface area contributed by atoms with Crippen LogP contribution in [0.25, 0.3) is 11.0 Å². The number of carbonyl (C=O) groups is 1. The van der Waals surface area contributed by atoms with Crippen molar-refractivity contribution in [1.82, 2.24) is 9.97 Å². The molecule has 0 bridgehead atoms. The van der Waals surface area contributed by atoms with Gasteiger partial charge in [0.2, 0.25) is 5.95 Å². The molecule has 0 aliphatic rings. The lowest BCUT2D eigenvalue weighted by molar-refractivity contribution is 0.102. The predicted octanol–water partition coefficient (Wildman–Crippen LogP) is 2.24. The van der Waals surface area contributed by atoms with E-state index in [2.05, 4.69) is 20.7 Å². The minimum absolute atomic E-state index is 0.0638. The number of nitrogens with one attached hydrogen (secondary N) is 3. The summed E-state index contributed by atoms with van der Waals surface area (Å²) >= 11 is 0. The summed E-state index contributed by atoms with van der Waals surface area (Å²) in [4.78, 5) is 19.4. The Labute approximate surface area is 119 Å². The van der Waals surface area contributed by atoms with E-state index in [1.54, 1.807) is 0 Å². The van der Waals surface area contributed by atoms with Gasteiger partial charge >= 0.3 is 0 Å². The van der Waals surface area contributed by atoms with Gasteiger partial charge in [-0.15, -0.1) is 0 Å². The van der Waals surface area contributed by atoms with Gasteiger partial charge in [-0.25, -0.2) is 9.37 Å². The van der Waals surface area contributed by atoms with Gasteiger partial charge in [-0.05, 0) is 24.3 Å². The quantitative estimate of drug-likeness (QED) is 0.438. The van der Waals surface area contributed by atoms with E-state index < -0.39 is 11.7 Å². The lowest BCUT2D eigenvalue weighted by atomic mass is 10.1. The predicted molar refractivity (Wildman–Crippen MR) is 78.3 cm³/mol. The molecular formula is C14H12FN5O. The molecule has 3 rings (SSSR count). The number of hydrogen-bond donors (Lipinski definition) is 4. The number of fused-ring (bicyclic) bond motifs is 1. The number of carbonyl (C=O) groups excluding carboxylic acids is 1. The Kier molecular flexibility index (Phi) is 3.25. The molecule has 1 heterocycles. The molecule has 2 aromatic carbocycles. The molecule has 106 valence electrons. The van der Waals surface area contributed by atoms with Crippen molar-refractivity contribution in [2.75, 3.05) is 10.7 Å². The largest absolute Gasteiger partial charge is 0.324 e. The molecule has 5 N–H and O–H groups in total. The summed E-state index contributed by atoms with van der Waals surface area (Å²) in [5.41, 5.74) is 3.74. The SMILES string of the molecule is NNc1c(F)cccc1C(=O)Nc1nc2ccccc2[nH]1. The number of amides is 1. The topological polar surface area (TPSA) is 95.8 Å². The third-order valence-electron chi connectivity index (χ3n) is 3.02. The number of para-hydroxylation sites is 3. The number of nitrogen functional groups attached to an aromatic ring is 1. The Morgan fingerprint density at radius 3 is 2.76 bits per heavy atom. The van der Waals surface area contributed by atoms with Gasteiger partial charge in [0.15, 0.2) is 0 Å². The highest BCUT2D eigenvalue weighted by atomic mass is 19.1. The molecule has 7 heteroatoms. The van der Waals surface area contributed by atoms with Gasteiger partial charge in [-0.3, -0.25) is 16.0 Å². The monoisotopic (exact) mass is 285 g/mol. The van der Waals surface area contributed by atoms with Gasteiger partial charge in [0.25, 0.3) is 5.91 Å². The first-order valence-corrected chi connectivity index (χ1v) is 6.20. The number of nitrogens with two attached hydrogens (primary N) is 1. The number of nitrogens with zero attached hydrogens (tertiary/aromatic N) is 1. The van der Waals surface area contributed by atoms with Crippen LogP contribution < -0.4 is 16.6 Å². The van der Waals surface area contributed by atoms with Crippen LogP contribution in [0.4, 0.5) is 16.0 Å². The number of anilines is 2. The summed E-state index contributed by atoms with van der Waals surface area (Å²) in [6, 6.07) is 11.5. The zero-order valence-electron chi connectivity index (χ0n) is 10.9. The van der Waals surface area contributed by atoms with Crippen molar-refractivity contribution in [3.05, 3.63) is 53.8 Å². The van der Waals surface area contributed by atoms with Crippen molar-refractivity contribution in [3.8, 4) is 0 Å². The van der Waals surface area contributed by atoms with Crippen LogP contribution in [0.2, 0.25) is 0 Å². The molecule has 0 atom stereocenters. The zero-order chi connectivity index (χ0) is 14.8. The van der Waals surface area contributed by atoms with Crippen LogP contribution in [-0.2, 0) is 0 Å². The number of hydrogen-bond acceptors (Lipinski definition) is 4. The summed E-state index contributed by atoms with van der Waals surface area (Å²) < 4.78 is 13.6. The van der Waals surface area contributed by atoms with E-state index in [1.165, 1.54) is 18.2 Å². The van der Waals surface area contributed by atoms with E-state index in [1.807, 2.05) is 24.3 Å². The number of aromatic nitrogens is 2. The average Bonchev–Trinajstić information content (AvgIpc) is 2.89. The summed E-state index contributed by atoms with van der Waals surface area (Å²) in [6.45, 7) is 0. The molecule has 0 fully saturated rings. The number of aromatic amines is 1. The molecule has 0 aliphatic carbocycles. The molecule has 0 saturated carbocycles. The second-order valence-corrected chi connectivity index (χ2v) is 4.36. The Morgan fingerprint density at radius 1 is 1.19 bits per heavy atom. The standard InChI is InChI=1S/C14H12FN5O/c15-9-5-3-4-8(12(9)20-16)13(21)19-14-17-10-6-1-2-7-11(10)18-14/h1-7,20H,16H2,(H2,17,18,19,21). The molecule has 0 aliphatic heterocycles. The van der Waals surface area contributed by atoms with Gasteiger partial charge in [0.1, 0.15) is 5.82 Å². The van der Waals surface area contributed by atoms with Crippen molar-refractivity contribution in [1.29, 1.82) is 0 Å². The molecule has 3 aromatic rings. The van der Waals surface area contributed by atoms with Crippen LogP contribution in [0.1, 0.15) is 10.4 Å². The zero-order valence-corrected chi connectivity index (χ0v) is 10.9. The minimum atomic E-state index is -0.602. The van der Waals surface area contributed by atoms with Crippen LogP contribution in [0, 0.1) is 5.82 Å². The maximum absolute atomic E-state index is 13.6. The van der Waals surface area contributed by atoms with Crippen LogP contribution in [-0.4, -0.2) is 15.9 Å². The second-order valence-electron chi connectivity index (χ2n) is 4.36. The lowest BCUT2D eigenvalue weighted by Crippen LogP contribution is -2.18. The molecule has 0 saturated heterocycles. The van der Waals surface area contributed by atoms with E-state index in [0.717, 1.165) is 11.0 Å². The maximum Gasteiger partial charge on any atom is 0.260 e. The maximum atomic E-state index is 13.6. The molecular weight excluding hydrogens is 273 g/mol. The first-order valence-electron chi connectivity index (χ1n) is 6.20. The highest BCUT2D eigenvalue weighted by molar-refractivity contribution is 6.07. The number of rotatable bonds is 3. The number of H-pyrrole nitrogens is 1. The molecule has 1 amide bonds. The van der Waals surface area contributed by atoms with Crippen LogP contribution in [0.15, 0.2) is 42.5 Å². The summed E-state index contributed by atoms with van der Waals surface area (Å²) in [5.74, 6) is 4.42. The van der Waals surface area contributed by atoms with Crippen molar-refractivity contribution in [2.45, 2.75) is 0 Å². The minimum Gasteiger partial charge on any atom is -0.324 e. The van der Waals surface area contributed by atoms with Crippen LogP contribution in [0.5, 0.6) is 0 Å². The summed E-state index contributed by atoms with van der Waals surface area (Å²) in [5, 5.41) is 2.58. The third kappa shape index (κ3) is 2.41. The number of halogens is 1. The highest BCUT2D eigenvalue weighted by Gasteiger charge is 2.15. The molecule has 0 spiro atoms. The van der Waals surface area contributed by atoms with E-state index in [4.69, 9.17) is 5.84 Å². The first-order chi connectivity index (χ1) is 10.2. The highest BCUT2D eigenvalue weighted by Crippen LogP contribution is 2.20. The lowest BCUT2D eigenvalue weighted by Gasteiger charge is -2.08. The van der Waals surface area contributed by atoms with Crippen molar-refractivity contribution in [3.63, 3.8) is 0 Å². The molecule has 0 unspecified atom stereocenters. The van der Waals surface area contributed by atoms with Crippen molar-refractivity contribution < 1.29 is 9.18 Å². The van der Waals surface area contributed by atoms with Gasteiger partial charge < -0.3 is 10.4 Å². The van der Waals surface area contributed by atoms with Crippen molar-refractivity contribution >= 4 is 28.6 Å². The Morgan fingerprint density at radius 2 is 2.00 bits per heavy atom. The van der Waals surface area contributed by atoms with Gasteiger partial charge in [-0.1, -0.05) is 18.2 Å². The molecule has 6 nitrogen and oxygen atoms in total. The van der Waals surface area contributed by atoms with Crippen molar-refractivity contribution in [2.24, 2.45) is 5.84 Å². The fourth-order valence-corrected chi connectivity index (χ4v) is 2.05. The number of imidazole rings is 1. The fraction of sp³-hybridized carbons (Fsp3) is 0. The average molecular weight is 285 g/mol. The molecule has 21 heavy (non-hydrogen) atoms. The smallest absolute Gasteiger partial charge is 0.260 e. The van der Waals surface area contributed by atoms with E-state index in [9.17, 15) is 9.18 Å². The summed E-state index contributed by atoms with van der Waals surface area (Å²) in [6.07, 6.45) is 0. The summed E-state index contributed by atoms with van der Waals surface area (Å²) in [7, 11) is 0. The third-order valence-corrected chi connectivity index (χ3v) is 3.02. The van der Waals surface area contributed by atoms with Gasteiger partial charge in [0.05, 0.1) is 22.3 Å². The van der Waals surface area contributed by atoms with E-state index in [-0.39, 0.29) is 17.2 Å². The van der Waals surface area contributed by atoms with E-state index >= 15 is 0 Å². The molecule has 1 aromatic heterocycles. The number of benzene rings is 2. The van der Waals surface area contributed by atoms with Crippen LogP contribution >= 0.6 is 0 Å². The fourth-order valence-electron chi connectivity index (χ4n) is 2.05. The Hall–Kier alpha value is -2.93. The Bertz CT molecular complexity index is 781. The van der Waals surface area contributed by atoms with Crippen LogP contribution in [0.3, 0.4) is 0 Å².